The SMILES string of the molecule is CCNCC(Nc1cncc(C)n1)C(C)(C)F. The first kappa shape index (κ1) is 13.8. The van der Waals surface area contributed by atoms with Crippen molar-refractivity contribution in [2.45, 2.75) is 39.4 Å². The fourth-order valence-corrected chi connectivity index (χ4v) is 1.47. The number of halogens is 1. The maximum Gasteiger partial charge on any atom is 0.145 e. The molecule has 1 rings (SSSR count). The van der Waals surface area contributed by atoms with E-state index in [0.717, 1.165) is 12.2 Å². The molecule has 5 heteroatoms. The van der Waals surface area contributed by atoms with Gasteiger partial charge in [0, 0.05) is 12.7 Å². The van der Waals surface area contributed by atoms with Gasteiger partial charge >= 0.3 is 0 Å². The molecule has 17 heavy (non-hydrogen) atoms. The molecule has 2 N–H and O–H groups in total. The Morgan fingerprint density at radius 2 is 2.12 bits per heavy atom. The summed E-state index contributed by atoms with van der Waals surface area (Å²) in [5.74, 6) is 0.610. The fraction of sp³-hybridized carbons (Fsp3) is 0.667. The Labute approximate surface area is 102 Å². The number of rotatable bonds is 6. The first-order chi connectivity index (χ1) is 7.93. The Morgan fingerprint density at radius 1 is 1.41 bits per heavy atom. The van der Waals surface area contributed by atoms with Crippen molar-refractivity contribution in [3.8, 4) is 0 Å². The van der Waals surface area contributed by atoms with Gasteiger partial charge in [0.2, 0.25) is 0 Å². The molecule has 1 unspecified atom stereocenters. The Hall–Kier alpha value is -1.23. The second kappa shape index (κ2) is 5.91. The second-order valence-electron chi connectivity index (χ2n) is 4.61. The van der Waals surface area contributed by atoms with Gasteiger partial charge in [0.05, 0.1) is 17.9 Å². The molecule has 0 fully saturated rings. The highest BCUT2D eigenvalue weighted by Crippen LogP contribution is 2.17. The topological polar surface area (TPSA) is 49.8 Å². The molecule has 0 aliphatic rings. The molecule has 1 heterocycles. The van der Waals surface area contributed by atoms with Crippen molar-refractivity contribution >= 4 is 5.82 Å². The average molecular weight is 240 g/mol. The van der Waals surface area contributed by atoms with Crippen LogP contribution in [0.3, 0.4) is 0 Å². The zero-order chi connectivity index (χ0) is 12.9. The van der Waals surface area contributed by atoms with E-state index in [-0.39, 0.29) is 6.04 Å². The summed E-state index contributed by atoms with van der Waals surface area (Å²) in [6.45, 7) is 8.34. The Morgan fingerprint density at radius 3 is 2.65 bits per heavy atom. The molecule has 0 bridgehead atoms. The summed E-state index contributed by atoms with van der Waals surface area (Å²) >= 11 is 0. The first-order valence-electron chi connectivity index (χ1n) is 5.88. The predicted octanol–water partition coefficient (Wildman–Crippen LogP) is 1.92. The highest BCUT2D eigenvalue weighted by atomic mass is 19.1. The molecule has 96 valence electrons. The Balaban J connectivity index is 2.72. The molecule has 0 amide bonds. The molecule has 4 nitrogen and oxygen atoms in total. The van der Waals surface area contributed by atoms with Crippen molar-refractivity contribution in [3.63, 3.8) is 0 Å². The molecular weight excluding hydrogens is 219 g/mol. The highest BCUT2D eigenvalue weighted by Gasteiger charge is 2.28. The lowest BCUT2D eigenvalue weighted by molar-refractivity contribution is 0.181. The summed E-state index contributed by atoms with van der Waals surface area (Å²) < 4.78 is 14.0. The number of nitrogens with zero attached hydrogens (tertiary/aromatic N) is 2. The number of anilines is 1. The lowest BCUT2D eigenvalue weighted by Gasteiger charge is -2.28. The molecular formula is C12H21FN4. The molecule has 1 aromatic rings. The molecule has 1 aromatic heterocycles. The summed E-state index contributed by atoms with van der Waals surface area (Å²) in [4.78, 5) is 8.30. The van der Waals surface area contributed by atoms with Crippen molar-refractivity contribution in [2.24, 2.45) is 0 Å². The summed E-state index contributed by atoms with van der Waals surface area (Å²) in [7, 11) is 0. The van der Waals surface area contributed by atoms with Crippen LogP contribution in [-0.4, -0.2) is 34.8 Å². The van der Waals surface area contributed by atoms with E-state index in [2.05, 4.69) is 20.6 Å². The number of hydrogen-bond donors (Lipinski definition) is 2. The lowest BCUT2D eigenvalue weighted by atomic mass is 10.0. The van der Waals surface area contributed by atoms with Gasteiger partial charge in [-0.05, 0) is 27.3 Å². The molecule has 0 aromatic carbocycles. The van der Waals surface area contributed by atoms with Gasteiger partial charge in [0.15, 0.2) is 0 Å². The van der Waals surface area contributed by atoms with Crippen LogP contribution in [0.15, 0.2) is 12.4 Å². The van der Waals surface area contributed by atoms with Gasteiger partial charge in [-0.3, -0.25) is 4.98 Å². The molecule has 0 spiro atoms. The minimum atomic E-state index is -1.33. The number of nitrogens with one attached hydrogen (secondary N) is 2. The average Bonchev–Trinajstić information content (AvgIpc) is 2.22. The minimum Gasteiger partial charge on any atom is -0.362 e. The van der Waals surface area contributed by atoms with Gasteiger partial charge < -0.3 is 10.6 Å². The lowest BCUT2D eigenvalue weighted by Crippen LogP contribution is -2.46. The van der Waals surface area contributed by atoms with Crippen LogP contribution in [0.1, 0.15) is 26.5 Å². The molecule has 0 radical (unpaired) electrons. The van der Waals surface area contributed by atoms with E-state index < -0.39 is 5.67 Å². The number of aryl methyl sites for hydroxylation is 1. The van der Waals surface area contributed by atoms with Crippen molar-refractivity contribution in [1.82, 2.24) is 15.3 Å². The largest absolute Gasteiger partial charge is 0.362 e. The third-order valence-electron chi connectivity index (χ3n) is 2.50. The molecule has 0 saturated carbocycles. The maximum atomic E-state index is 14.0. The van der Waals surface area contributed by atoms with Crippen LogP contribution in [0.4, 0.5) is 10.2 Å². The number of aromatic nitrogens is 2. The molecule has 0 saturated heterocycles. The quantitative estimate of drug-likeness (QED) is 0.797. The third kappa shape index (κ3) is 4.65. The zero-order valence-corrected chi connectivity index (χ0v) is 10.9. The van der Waals surface area contributed by atoms with Crippen LogP contribution in [0.5, 0.6) is 0 Å². The molecule has 0 aliphatic heterocycles. The summed E-state index contributed by atoms with van der Waals surface area (Å²) in [5.41, 5.74) is -0.512. The predicted molar refractivity (Wildman–Crippen MR) is 67.9 cm³/mol. The number of likely N-dealkylation sites (N-methyl/N-ethyl adjacent to an activating group) is 1. The van der Waals surface area contributed by atoms with Crippen molar-refractivity contribution < 1.29 is 4.39 Å². The second-order valence-corrected chi connectivity index (χ2v) is 4.61. The van der Waals surface area contributed by atoms with E-state index in [9.17, 15) is 4.39 Å². The van der Waals surface area contributed by atoms with Crippen LogP contribution in [0.2, 0.25) is 0 Å². The van der Waals surface area contributed by atoms with E-state index in [1.54, 1.807) is 26.2 Å². The van der Waals surface area contributed by atoms with Crippen LogP contribution in [0, 0.1) is 6.92 Å². The normalized spacial score (nSPS) is 13.5. The monoisotopic (exact) mass is 240 g/mol. The summed E-state index contributed by atoms with van der Waals surface area (Å²) in [6.07, 6.45) is 3.28. The van der Waals surface area contributed by atoms with Crippen LogP contribution < -0.4 is 10.6 Å². The van der Waals surface area contributed by atoms with Crippen LogP contribution >= 0.6 is 0 Å². The fourth-order valence-electron chi connectivity index (χ4n) is 1.47. The van der Waals surface area contributed by atoms with Gasteiger partial charge in [-0.2, -0.15) is 0 Å². The first-order valence-corrected chi connectivity index (χ1v) is 5.88. The maximum absolute atomic E-state index is 14.0. The van der Waals surface area contributed by atoms with Crippen molar-refractivity contribution in [1.29, 1.82) is 0 Å². The van der Waals surface area contributed by atoms with E-state index in [1.807, 2.05) is 13.8 Å². The van der Waals surface area contributed by atoms with E-state index >= 15 is 0 Å². The summed E-state index contributed by atoms with van der Waals surface area (Å²) in [5, 5.41) is 6.22. The number of hydrogen-bond acceptors (Lipinski definition) is 4. The van der Waals surface area contributed by atoms with Gasteiger partial charge in [-0.25, -0.2) is 9.37 Å². The molecule has 1 atom stereocenters. The van der Waals surface area contributed by atoms with E-state index in [4.69, 9.17) is 0 Å². The van der Waals surface area contributed by atoms with E-state index in [1.165, 1.54) is 0 Å². The van der Waals surface area contributed by atoms with Gasteiger partial charge in [-0.1, -0.05) is 6.92 Å². The minimum absolute atomic E-state index is 0.335. The van der Waals surface area contributed by atoms with Gasteiger partial charge in [0.25, 0.3) is 0 Å². The smallest absolute Gasteiger partial charge is 0.145 e. The van der Waals surface area contributed by atoms with Crippen LogP contribution in [-0.2, 0) is 0 Å². The number of alkyl halides is 1. The Kier molecular flexibility index (Phi) is 4.81. The zero-order valence-electron chi connectivity index (χ0n) is 10.9. The van der Waals surface area contributed by atoms with E-state index in [0.29, 0.717) is 12.4 Å². The third-order valence-corrected chi connectivity index (χ3v) is 2.50. The van der Waals surface area contributed by atoms with Crippen molar-refractivity contribution in [3.05, 3.63) is 18.1 Å². The summed E-state index contributed by atoms with van der Waals surface area (Å²) in [6, 6.07) is -0.335. The molecule has 0 aliphatic carbocycles. The van der Waals surface area contributed by atoms with Gasteiger partial charge in [-0.15, -0.1) is 0 Å². The van der Waals surface area contributed by atoms with Crippen molar-refractivity contribution in [2.75, 3.05) is 18.4 Å². The standard InChI is InChI=1S/C12H21FN4/c1-5-14-7-10(12(3,4)13)17-11-8-15-6-9(2)16-11/h6,8,10,14H,5,7H2,1-4H3,(H,16,17). The Bertz CT molecular complexity index is 349. The highest BCUT2D eigenvalue weighted by molar-refractivity contribution is 5.34. The van der Waals surface area contributed by atoms with Gasteiger partial charge in [0.1, 0.15) is 11.5 Å². The van der Waals surface area contributed by atoms with Crippen LogP contribution in [0.25, 0.3) is 0 Å².